The Kier molecular flexibility index (Phi) is 4.73. The molecule has 0 bridgehead atoms. The maximum Gasteiger partial charge on any atom is 0.220 e. The average Bonchev–Trinajstić information content (AvgIpc) is 2.34. The van der Waals surface area contributed by atoms with Gasteiger partial charge in [-0.25, -0.2) is 0 Å². The molecule has 1 aliphatic heterocycles. The van der Waals surface area contributed by atoms with E-state index < -0.39 is 0 Å². The molecule has 0 saturated carbocycles. The third kappa shape index (κ3) is 3.82. The normalized spacial score (nSPS) is 16.9. The molecule has 1 aromatic rings. The van der Waals surface area contributed by atoms with Gasteiger partial charge in [0.1, 0.15) is 0 Å². The highest BCUT2D eigenvalue weighted by atomic mass is 16.3. The molecule has 18 heavy (non-hydrogen) atoms. The van der Waals surface area contributed by atoms with E-state index in [2.05, 4.69) is 10.6 Å². The van der Waals surface area contributed by atoms with Crippen molar-refractivity contribution in [1.82, 2.24) is 10.6 Å². The first-order valence-corrected chi connectivity index (χ1v) is 6.43. The molecular weight excluding hydrogens is 228 g/mol. The molecule has 3 N–H and O–H groups in total. The Labute approximate surface area is 107 Å². The number of aliphatic hydroxyl groups is 1. The number of benzene rings is 1. The lowest BCUT2D eigenvalue weighted by molar-refractivity contribution is -0.123. The molecule has 2 rings (SSSR count). The molecule has 1 amide bonds. The Morgan fingerprint density at radius 2 is 2.11 bits per heavy atom. The monoisotopic (exact) mass is 248 g/mol. The maximum absolute atomic E-state index is 11.8. The number of amides is 1. The van der Waals surface area contributed by atoms with E-state index in [1.807, 2.05) is 30.3 Å². The Morgan fingerprint density at radius 1 is 1.39 bits per heavy atom. The zero-order valence-electron chi connectivity index (χ0n) is 10.4. The van der Waals surface area contributed by atoms with E-state index in [0.717, 1.165) is 18.7 Å². The number of carbonyl (C=O) groups is 1. The van der Waals surface area contributed by atoms with Crippen molar-refractivity contribution in [2.75, 3.05) is 19.7 Å². The van der Waals surface area contributed by atoms with Gasteiger partial charge in [-0.15, -0.1) is 0 Å². The fourth-order valence-electron chi connectivity index (χ4n) is 2.10. The summed E-state index contributed by atoms with van der Waals surface area (Å²) in [4.78, 5) is 11.8. The van der Waals surface area contributed by atoms with Gasteiger partial charge < -0.3 is 15.7 Å². The van der Waals surface area contributed by atoms with Crippen molar-refractivity contribution in [3.05, 3.63) is 35.9 Å². The summed E-state index contributed by atoms with van der Waals surface area (Å²) in [6.07, 6.45) is 1.23. The number of hydrogen-bond acceptors (Lipinski definition) is 3. The maximum atomic E-state index is 11.8. The van der Waals surface area contributed by atoms with Gasteiger partial charge in [0.25, 0.3) is 0 Å². The van der Waals surface area contributed by atoms with Crippen LogP contribution in [-0.2, 0) is 11.2 Å². The average molecular weight is 248 g/mol. The van der Waals surface area contributed by atoms with E-state index in [-0.39, 0.29) is 18.6 Å². The molecule has 1 aliphatic rings. The minimum absolute atomic E-state index is 0.0243. The number of hydrogen-bond donors (Lipinski definition) is 3. The van der Waals surface area contributed by atoms with Gasteiger partial charge in [-0.3, -0.25) is 4.79 Å². The molecule has 0 radical (unpaired) electrons. The van der Waals surface area contributed by atoms with Crippen molar-refractivity contribution in [2.24, 2.45) is 5.92 Å². The third-order valence-electron chi connectivity index (χ3n) is 3.25. The minimum Gasteiger partial charge on any atom is -0.394 e. The number of aliphatic hydroxyl groups excluding tert-OH is 1. The zero-order valence-corrected chi connectivity index (χ0v) is 10.4. The van der Waals surface area contributed by atoms with Crippen LogP contribution in [-0.4, -0.2) is 36.8 Å². The van der Waals surface area contributed by atoms with Crippen molar-refractivity contribution in [2.45, 2.75) is 18.9 Å². The molecule has 0 unspecified atom stereocenters. The van der Waals surface area contributed by atoms with E-state index in [1.165, 1.54) is 0 Å². The summed E-state index contributed by atoms with van der Waals surface area (Å²) < 4.78 is 0. The van der Waals surface area contributed by atoms with Crippen LogP contribution in [0.2, 0.25) is 0 Å². The van der Waals surface area contributed by atoms with E-state index in [1.54, 1.807) is 0 Å². The van der Waals surface area contributed by atoms with Crippen molar-refractivity contribution in [3.63, 3.8) is 0 Å². The van der Waals surface area contributed by atoms with Crippen LogP contribution in [0.4, 0.5) is 0 Å². The highest BCUT2D eigenvalue weighted by molar-refractivity contribution is 5.76. The van der Waals surface area contributed by atoms with Crippen LogP contribution in [0.5, 0.6) is 0 Å². The summed E-state index contributed by atoms with van der Waals surface area (Å²) >= 11 is 0. The summed E-state index contributed by atoms with van der Waals surface area (Å²) in [7, 11) is 0. The first-order valence-electron chi connectivity index (χ1n) is 6.43. The molecule has 1 fully saturated rings. The Bertz CT molecular complexity index is 377. The minimum atomic E-state index is -0.187. The van der Waals surface area contributed by atoms with E-state index in [0.29, 0.717) is 18.8 Å². The Balaban J connectivity index is 1.79. The van der Waals surface area contributed by atoms with Crippen LogP contribution in [0, 0.1) is 5.92 Å². The van der Waals surface area contributed by atoms with Crippen LogP contribution < -0.4 is 10.6 Å². The van der Waals surface area contributed by atoms with Gasteiger partial charge in [0.15, 0.2) is 0 Å². The lowest BCUT2D eigenvalue weighted by Crippen LogP contribution is -2.46. The molecule has 1 saturated heterocycles. The standard InChI is InChI=1S/C14H20N2O2/c17-10-13(6-11-4-2-1-3-5-11)16-14(18)7-12-8-15-9-12/h1-5,12-13,15,17H,6-10H2,(H,16,18)/t13-/m0/s1. The summed E-state index contributed by atoms with van der Waals surface area (Å²) in [6, 6.07) is 9.71. The molecule has 4 heteroatoms. The molecule has 0 spiro atoms. The number of carbonyl (C=O) groups excluding carboxylic acids is 1. The number of nitrogens with one attached hydrogen (secondary N) is 2. The molecule has 0 aromatic heterocycles. The predicted octanol–water partition coefficient (Wildman–Crippen LogP) is 0.316. The molecule has 1 aromatic carbocycles. The van der Waals surface area contributed by atoms with Crippen molar-refractivity contribution >= 4 is 5.91 Å². The van der Waals surface area contributed by atoms with Gasteiger partial charge in [-0.2, -0.15) is 0 Å². The van der Waals surface area contributed by atoms with Gasteiger partial charge in [0, 0.05) is 6.42 Å². The van der Waals surface area contributed by atoms with Crippen LogP contribution in [0.25, 0.3) is 0 Å². The first kappa shape index (κ1) is 13.1. The van der Waals surface area contributed by atoms with Gasteiger partial charge in [-0.05, 0) is 31.0 Å². The summed E-state index contributed by atoms with van der Waals surface area (Å²) in [6.45, 7) is 1.83. The highest BCUT2D eigenvalue weighted by Crippen LogP contribution is 2.08. The Hall–Kier alpha value is -1.39. The molecule has 1 atom stereocenters. The van der Waals surface area contributed by atoms with E-state index in [9.17, 15) is 9.90 Å². The smallest absolute Gasteiger partial charge is 0.220 e. The fourth-order valence-corrected chi connectivity index (χ4v) is 2.10. The SMILES string of the molecule is O=C(CC1CNC1)N[C@H](CO)Cc1ccccc1. The largest absolute Gasteiger partial charge is 0.394 e. The van der Waals surface area contributed by atoms with Crippen LogP contribution in [0.1, 0.15) is 12.0 Å². The molecule has 98 valence electrons. The molecule has 0 aliphatic carbocycles. The second-order valence-corrected chi connectivity index (χ2v) is 4.87. The molecular formula is C14H20N2O2. The second-order valence-electron chi connectivity index (χ2n) is 4.87. The molecule has 1 heterocycles. The lowest BCUT2D eigenvalue weighted by atomic mass is 9.98. The summed E-state index contributed by atoms with van der Waals surface area (Å²) in [5, 5.41) is 15.4. The molecule has 4 nitrogen and oxygen atoms in total. The van der Waals surface area contributed by atoms with Crippen molar-refractivity contribution in [1.29, 1.82) is 0 Å². The van der Waals surface area contributed by atoms with Gasteiger partial charge in [0.05, 0.1) is 12.6 Å². The highest BCUT2D eigenvalue weighted by Gasteiger charge is 2.21. The first-order chi connectivity index (χ1) is 8.78. The summed E-state index contributed by atoms with van der Waals surface area (Å²) in [5.74, 6) is 0.498. The van der Waals surface area contributed by atoms with Crippen LogP contribution in [0.15, 0.2) is 30.3 Å². The van der Waals surface area contributed by atoms with Crippen molar-refractivity contribution < 1.29 is 9.90 Å². The topological polar surface area (TPSA) is 61.4 Å². The van der Waals surface area contributed by atoms with E-state index in [4.69, 9.17) is 0 Å². The lowest BCUT2D eigenvalue weighted by Gasteiger charge is -2.27. The number of rotatable bonds is 6. The second kappa shape index (κ2) is 6.52. The third-order valence-corrected chi connectivity index (χ3v) is 3.25. The van der Waals surface area contributed by atoms with Crippen LogP contribution >= 0.6 is 0 Å². The quantitative estimate of drug-likeness (QED) is 0.679. The zero-order chi connectivity index (χ0) is 12.8. The fraction of sp³-hybridized carbons (Fsp3) is 0.500. The van der Waals surface area contributed by atoms with Crippen molar-refractivity contribution in [3.8, 4) is 0 Å². The Morgan fingerprint density at radius 3 is 2.67 bits per heavy atom. The van der Waals surface area contributed by atoms with E-state index >= 15 is 0 Å². The van der Waals surface area contributed by atoms with Gasteiger partial charge in [0.2, 0.25) is 5.91 Å². The van der Waals surface area contributed by atoms with Gasteiger partial charge in [-0.1, -0.05) is 30.3 Å². The predicted molar refractivity (Wildman–Crippen MR) is 70.1 cm³/mol. The van der Waals surface area contributed by atoms with Gasteiger partial charge >= 0.3 is 0 Å². The summed E-state index contributed by atoms with van der Waals surface area (Å²) in [5.41, 5.74) is 1.13. The van der Waals surface area contributed by atoms with Crippen LogP contribution in [0.3, 0.4) is 0 Å².